The van der Waals surface area contributed by atoms with Gasteiger partial charge in [-0.15, -0.1) is 0 Å². The van der Waals surface area contributed by atoms with Crippen LogP contribution >= 0.6 is 31.9 Å². The van der Waals surface area contributed by atoms with Crippen LogP contribution in [0.1, 0.15) is 105 Å². The van der Waals surface area contributed by atoms with Gasteiger partial charge >= 0.3 is 24.8 Å². The Morgan fingerprint density at radius 2 is 1.21 bits per heavy atom. The number of aliphatic hydroxyl groups is 1. The summed E-state index contributed by atoms with van der Waals surface area (Å²) in [5, 5.41) is 12.3. The van der Waals surface area contributed by atoms with Gasteiger partial charge in [-0.1, -0.05) is 73.4 Å². The van der Waals surface area contributed by atoms with Crippen molar-refractivity contribution in [3.8, 4) is 0 Å². The molecule has 8 nitrogen and oxygen atoms in total. The summed E-state index contributed by atoms with van der Waals surface area (Å²) in [5.74, 6) is -0.262. The molecule has 0 radical (unpaired) electrons. The van der Waals surface area contributed by atoms with Gasteiger partial charge < -0.3 is 34.0 Å². The smallest absolute Gasteiger partial charge is 1.00 e. The van der Waals surface area contributed by atoms with Crippen LogP contribution in [0.5, 0.6) is 0 Å². The first-order valence-electron chi connectivity index (χ1n) is 20.4. The average molecular weight is 977 g/mol. The molecule has 1 saturated heterocycles. The van der Waals surface area contributed by atoms with Crippen LogP contribution in [0.25, 0.3) is 21.8 Å². The van der Waals surface area contributed by atoms with E-state index in [0.717, 1.165) is 90.7 Å². The number of benzene rings is 2. The van der Waals surface area contributed by atoms with Crippen molar-refractivity contribution in [2.45, 2.75) is 143 Å². The molecular formula is C44H74AlBr2LiN2O6Si2. The summed E-state index contributed by atoms with van der Waals surface area (Å²) in [4.78, 5) is 12.4. The zero-order valence-electron chi connectivity index (χ0n) is 38.2. The topological polar surface area (TPSA) is 84.1 Å². The second-order valence-corrected chi connectivity index (χ2v) is 29.2. The van der Waals surface area contributed by atoms with E-state index in [1.807, 2.05) is 31.2 Å². The van der Waals surface area contributed by atoms with E-state index in [4.69, 9.17) is 18.3 Å². The van der Waals surface area contributed by atoms with Crippen LogP contribution in [-0.4, -0.2) is 87.2 Å². The number of rotatable bonds is 15. The van der Waals surface area contributed by atoms with Gasteiger partial charge in [0, 0.05) is 76.0 Å². The first-order valence-corrected chi connectivity index (χ1v) is 27.8. The Kier molecular flexibility index (Phi) is 24.3. The van der Waals surface area contributed by atoms with Gasteiger partial charge in [0.2, 0.25) is 0 Å². The van der Waals surface area contributed by atoms with Crippen LogP contribution in [0.3, 0.4) is 0 Å². The Labute approximate surface area is 393 Å². The third kappa shape index (κ3) is 16.6. The Hall–Kier alpha value is -0.646. The third-order valence-electron chi connectivity index (χ3n) is 11.4. The van der Waals surface area contributed by atoms with E-state index in [9.17, 15) is 9.90 Å². The number of aliphatic hydroxyl groups excluding tert-OH is 1. The fraction of sp³-hybridized carbons (Fsp3) is 0.614. The summed E-state index contributed by atoms with van der Waals surface area (Å²) >= 11 is 7.01. The molecule has 322 valence electrons. The van der Waals surface area contributed by atoms with Gasteiger partial charge in [0.25, 0.3) is 0 Å². The minimum absolute atomic E-state index is 0. The Morgan fingerprint density at radius 1 is 0.759 bits per heavy atom. The molecule has 2 aromatic heterocycles. The second kappa shape index (κ2) is 25.5. The Bertz CT molecular complexity index is 1830. The van der Waals surface area contributed by atoms with Gasteiger partial charge in [-0.2, -0.15) is 0 Å². The number of hydrogen-bond donors (Lipinski definition) is 1. The molecule has 0 saturated carbocycles. The number of unbranched alkanes of at least 4 members (excludes halogenated alkanes) is 2. The van der Waals surface area contributed by atoms with E-state index in [-0.39, 0.29) is 60.3 Å². The molecule has 0 bridgehead atoms. The molecule has 0 atom stereocenters. The Balaban J connectivity index is 0.000000975. The fourth-order valence-electron chi connectivity index (χ4n) is 5.89. The predicted octanol–water partition coefficient (Wildman–Crippen LogP) is 8.81. The van der Waals surface area contributed by atoms with Crippen molar-refractivity contribution < 1.29 is 48.5 Å². The van der Waals surface area contributed by atoms with E-state index >= 15 is 0 Å². The van der Waals surface area contributed by atoms with Crippen molar-refractivity contribution in [2.75, 3.05) is 33.0 Å². The summed E-state index contributed by atoms with van der Waals surface area (Å²) in [6, 6.07) is 16.4. The summed E-state index contributed by atoms with van der Waals surface area (Å²) in [5.41, 5.74) is 3.85. The minimum atomic E-state index is -1.70. The molecule has 3 heterocycles. The normalized spacial score (nSPS) is 13.3. The largest absolute Gasteiger partial charge is 1.00 e. The van der Waals surface area contributed by atoms with Crippen LogP contribution in [0, 0.1) is 0 Å². The van der Waals surface area contributed by atoms with Gasteiger partial charge in [0.15, 0.2) is 34.0 Å². The van der Waals surface area contributed by atoms with Crippen LogP contribution in [-0.2, 0) is 38.0 Å². The van der Waals surface area contributed by atoms with Gasteiger partial charge in [-0.25, -0.2) is 4.79 Å². The molecule has 1 aliphatic heterocycles. The summed E-state index contributed by atoms with van der Waals surface area (Å²) in [7, 11) is -3.34. The fourth-order valence-corrected chi connectivity index (χ4v) is 8.83. The number of ether oxygens (including phenoxy) is 2. The van der Waals surface area contributed by atoms with Crippen molar-refractivity contribution in [2.24, 2.45) is 0 Å². The van der Waals surface area contributed by atoms with Crippen LogP contribution < -0.4 is 18.9 Å². The molecular weight excluding hydrogens is 902 g/mol. The van der Waals surface area contributed by atoms with Crippen molar-refractivity contribution in [1.82, 2.24) is 9.13 Å². The number of esters is 1. The number of hydrogen-bond acceptors (Lipinski definition) is 6. The number of aryl methyl sites for hydroxylation is 2. The number of aromatic nitrogens is 2. The van der Waals surface area contributed by atoms with Gasteiger partial charge in [0.05, 0.1) is 13.2 Å². The SMILES string of the molecule is C1CCOC1.CC(C)(C)[Si](C)(C)OCCCCn1c(CO)cc2cc(Br)ccc21.CCOC(=O)c1cc2cc(Br)ccc2n1CCCCO[Si](C)(C)C(C)(C)C.[AlH3].[H-].[Li+]. The monoisotopic (exact) mass is 974 g/mol. The molecule has 0 spiro atoms. The van der Waals surface area contributed by atoms with E-state index in [0.29, 0.717) is 12.3 Å². The molecule has 58 heavy (non-hydrogen) atoms. The van der Waals surface area contributed by atoms with E-state index < -0.39 is 16.6 Å². The zero-order valence-corrected chi connectivity index (χ0v) is 42.3. The van der Waals surface area contributed by atoms with Crippen LogP contribution in [0.15, 0.2) is 57.5 Å². The van der Waals surface area contributed by atoms with Crippen molar-refractivity contribution in [1.29, 1.82) is 0 Å². The van der Waals surface area contributed by atoms with Crippen molar-refractivity contribution in [3.05, 3.63) is 68.9 Å². The molecule has 1 aliphatic rings. The van der Waals surface area contributed by atoms with Gasteiger partial charge in [-0.3, -0.25) is 0 Å². The maximum Gasteiger partial charge on any atom is 1.00 e. The van der Waals surface area contributed by atoms with Crippen LogP contribution in [0.2, 0.25) is 36.3 Å². The molecule has 2 aromatic carbocycles. The molecule has 0 aliphatic carbocycles. The van der Waals surface area contributed by atoms with E-state index in [1.165, 1.54) is 23.7 Å². The minimum Gasteiger partial charge on any atom is -1.00 e. The third-order valence-corrected chi connectivity index (χ3v) is 21.4. The van der Waals surface area contributed by atoms with Crippen molar-refractivity contribution in [3.63, 3.8) is 0 Å². The molecule has 5 rings (SSSR count). The first-order chi connectivity index (χ1) is 26.2. The van der Waals surface area contributed by atoms with Gasteiger partial charge in [0.1, 0.15) is 5.69 Å². The van der Waals surface area contributed by atoms with Crippen molar-refractivity contribution >= 4 is 93.6 Å². The van der Waals surface area contributed by atoms with E-state index in [1.54, 1.807) is 0 Å². The summed E-state index contributed by atoms with van der Waals surface area (Å²) < 4.78 is 29.1. The molecule has 0 amide bonds. The predicted molar refractivity (Wildman–Crippen MR) is 257 cm³/mol. The molecule has 0 unspecified atom stereocenters. The number of fused-ring (bicyclic) bond motifs is 2. The van der Waals surface area contributed by atoms with Gasteiger partial charge in [-0.05, 0) is 130 Å². The second-order valence-electron chi connectivity index (χ2n) is 17.7. The average Bonchev–Trinajstić information content (AvgIpc) is 3.88. The zero-order chi connectivity index (χ0) is 41.7. The number of carbonyl (C=O) groups is 1. The maximum absolute atomic E-state index is 12.4. The number of carbonyl (C=O) groups excluding carboxylic acids is 1. The summed E-state index contributed by atoms with van der Waals surface area (Å²) in [6.07, 6.45) is 6.60. The standard InChI is InChI=1S/C21H32BrNO3Si.C19H30BrNO2Si.C4H8O.Al.Li.4H/c1-7-25-20(24)19-15-16-14-17(22)10-11-18(16)23(19)12-8-9-13-26-27(5,6)21(2,3)4;1-19(2,3)24(4,5)23-11-7-6-10-21-17(14-22)13-15-12-16(20)8-9-18(15)21;1-2-4-5-3-1;;;;;;/h10-11,14-15H,7-9,12-13H2,1-6H3;8-9,12-13,22H,6-7,10-11,14H2,1-5H3;1-4H2;;;;;;/q;;;;+1;;;;-1. The molecule has 1 N–H and O–H groups in total. The number of halogens is 2. The maximum atomic E-state index is 12.4. The number of nitrogens with zero attached hydrogens (tertiary/aromatic N) is 2. The first kappa shape index (κ1) is 55.4. The molecule has 1 fully saturated rings. The van der Waals surface area contributed by atoms with E-state index in [2.05, 4.69) is 133 Å². The Morgan fingerprint density at radius 3 is 1.62 bits per heavy atom. The molecule has 4 aromatic rings. The molecule has 14 heteroatoms. The van der Waals surface area contributed by atoms with Crippen LogP contribution in [0.4, 0.5) is 0 Å². The summed E-state index contributed by atoms with van der Waals surface area (Å²) in [6.45, 7) is 30.3. The quantitative estimate of drug-likeness (QED) is 0.0729.